The van der Waals surface area contributed by atoms with Gasteiger partial charge in [0, 0.05) is 45.3 Å². The third-order valence-corrected chi connectivity index (χ3v) is 4.97. The summed E-state index contributed by atoms with van der Waals surface area (Å²) in [6.07, 6.45) is -0.518. The number of fused-ring (bicyclic) bond motifs is 1. The molecule has 1 atom stereocenters. The molecule has 0 saturated carbocycles. The first-order chi connectivity index (χ1) is 13.3. The Hall–Kier alpha value is -2.28. The highest BCUT2D eigenvalue weighted by Crippen LogP contribution is 2.35. The van der Waals surface area contributed by atoms with Crippen molar-refractivity contribution in [2.75, 3.05) is 46.1 Å². The maximum atomic E-state index is 10.3. The summed E-state index contributed by atoms with van der Waals surface area (Å²) in [6, 6.07) is 16.0. The Balaban J connectivity index is 1.18. The Morgan fingerprint density at radius 2 is 1.67 bits per heavy atom. The number of aliphatic hydroxyl groups excluding tert-OH is 1. The fourth-order valence-corrected chi connectivity index (χ4v) is 3.48. The third kappa shape index (κ3) is 4.91. The summed E-state index contributed by atoms with van der Waals surface area (Å²) in [7, 11) is 0. The number of benzene rings is 2. The van der Waals surface area contributed by atoms with Gasteiger partial charge in [-0.1, -0.05) is 30.3 Å². The van der Waals surface area contributed by atoms with Gasteiger partial charge in [0.05, 0.1) is 0 Å². The number of β-amino-alcohol motifs (C(OH)–C–C–N with tert-alkyl or cyclic N) is 1. The van der Waals surface area contributed by atoms with Gasteiger partial charge >= 0.3 is 0 Å². The molecule has 0 spiro atoms. The number of nitrogens with zero attached hydrogens (tertiary/aromatic N) is 2. The molecule has 0 aromatic heterocycles. The van der Waals surface area contributed by atoms with Crippen molar-refractivity contribution in [1.82, 2.24) is 9.80 Å². The van der Waals surface area contributed by atoms with Gasteiger partial charge in [0.25, 0.3) is 0 Å². The Bertz CT molecular complexity index is 732. The average molecular weight is 370 g/mol. The summed E-state index contributed by atoms with van der Waals surface area (Å²) in [5, 5.41) is 10.3. The van der Waals surface area contributed by atoms with E-state index in [0.29, 0.717) is 18.0 Å². The van der Waals surface area contributed by atoms with Crippen LogP contribution in [0.15, 0.2) is 48.5 Å². The number of piperazine rings is 1. The summed E-state index contributed by atoms with van der Waals surface area (Å²) in [6.45, 7) is 6.10. The number of hydrogen-bond donors (Lipinski definition) is 1. The molecule has 6 heteroatoms. The van der Waals surface area contributed by atoms with Crippen molar-refractivity contribution >= 4 is 0 Å². The molecule has 4 rings (SSSR count). The minimum atomic E-state index is -0.518. The summed E-state index contributed by atoms with van der Waals surface area (Å²) in [5.74, 6) is 2.11. The quantitative estimate of drug-likeness (QED) is 0.804. The van der Waals surface area contributed by atoms with E-state index in [1.807, 2.05) is 12.1 Å². The predicted octanol–water partition coefficient (Wildman–Crippen LogP) is 1.97. The zero-order valence-electron chi connectivity index (χ0n) is 15.4. The fourth-order valence-electron chi connectivity index (χ4n) is 3.48. The lowest BCUT2D eigenvalue weighted by Crippen LogP contribution is -2.48. The standard InChI is InChI=1S/C21H26N2O4/c24-18(15-25-19-6-7-20-21(12-19)27-16-26-20)14-23-10-8-22(9-11-23)13-17-4-2-1-3-5-17/h1-7,12,18,24H,8-11,13-16H2/t18-/m1/s1. The second-order valence-corrected chi connectivity index (χ2v) is 7.04. The summed E-state index contributed by atoms with van der Waals surface area (Å²) < 4.78 is 16.3. The third-order valence-electron chi connectivity index (χ3n) is 4.97. The fraction of sp³-hybridized carbons (Fsp3) is 0.429. The molecule has 27 heavy (non-hydrogen) atoms. The van der Waals surface area contributed by atoms with E-state index in [-0.39, 0.29) is 13.4 Å². The normalized spacial score (nSPS) is 18.4. The first-order valence-corrected chi connectivity index (χ1v) is 9.45. The van der Waals surface area contributed by atoms with Crippen LogP contribution in [0, 0.1) is 0 Å². The largest absolute Gasteiger partial charge is 0.491 e. The first kappa shape index (κ1) is 18.1. The van der Waals surface area contributed by atoms with Gasteiger partial charge in [-0.15, -0.1) is 0 Å². The molecule has 0 aliphatic carbocycles. The molecule has 1 saturated heterocycles. The second kappa shape index (κ2) is 8.61. The van der Waals surface area contributed by atoms with Crippen molar-refractivity contribution in [1.29, 1.82) is 0 Å². The van der Waals surface area contributed by atoms with Crippen LogP contribution in [0.5, 0.6) is 17.2 Å². The van der Waals surface area contributed by atoms with E-state index >= 15 is 0 Å². The van der Waals surface area contributed by atoms with Crippen molar-refractivity contribution in [3.8, 4) is 17.2 Å². The molecule has 0 unspecified atom stereocenters. The zero-order valence-corrected chi connectivity index (χ0v) is 15.4. The highest BCUT2D eigenvalue weighted by Gasteiger charge is 2.20. The van der Waals surface area contributed by atoms with Gasteiger partial charge in [0.15, 0.2) is 11.5 Å². The average Bonchev–Trinajstić information content (AvgIpc) is 3.17. The van der Waals surface area contributed by atoms with Crippen LogP contribution in [0.1, 0.15) is 5.56 Å². The van der Waals surface area contributed by atoms with E-state index in [4.69, 9.17) is 14.2 Å². The Labute approximate surface area is 159 Å². The van der Waals surface area contributed by atoms with Crippen LogP contribution in [0.2, 0.25) is 0 Å². The van der Waals surface area contributed by atoms with E-state index in [1.54, 1.807) is 6.07 Å². The van der Waals surface area contributed by atoms with Crippen LogP contribution in [0.4, 0.5) is 0 Å². The van der Waals surface area contributed by atoms with Gasteiger partial charge in [-0.2, -0.15) is 0 Å². The van der Waals surface area contributed by atoms with E-state index < -0.39 is 6.10 Å². The second-order valence-electron chi connectivity index (χ2n) is 7.04. The lowest BCUT2D eigenvalue weighted by molar-refractivity contribution is 0.0446. The van der Waals surface area contributed by atoms with Crippen LogP contribution >= 0.6 is 0 Å². The van der Waals surface area contributed by atoms with Gasteiger partial charge in [0.1, 0.15) is 18.5 Å². The molecule has 2 aromatic carbocycles. The molecule has 144 valence electrons. The van der Waals surface area contributed by atoms with Crippen LogP contribution in [0.25, 0.3) is 0 Å². The smallest absolute Gasteiger partial charge is 0.231 e. The minimum absolute atomic E-state index is 0.248. The molecule has 6 nitrogen and oxygen atoms in total. The topological polar surface area (TPSA) is 54.4 Å². The van der Waals surface area contributed by atoms with Crippen molar-refractivity contribution in [3.63, 3.8) is 0 Å². The number of hydrogen-bond acceptors (Lipinski definition) is 6. The van der Waals surface area contributed by atoms with Crippen LogP contribution in [0.3, 0.4) is 0 Å². The van der Waals surface area contributed by atoms with Gasteiger partial charge in [-0.05, 0) is 17.7 Å². The molecule has 1 fully saturated rings. The predicted molar refractivity (Wildman–Crippen MR) is 102 cm³/mol. The summed E-state index contributed by atoms with van der Waals surface area (Å²) in [4.78, 5) is 4.76. The van der Waals surface area contributed by atoms with Crippen molar-refractivity contribution in [2.45, 2.75) is 12.6 Å². The molecular weight excluding hydrogens is 344 g/mol. The van der Waals surface area contributed by atoms with Crippen molar-refractivity contribution in [3.05, 3.63) is 54.1 Å². The first-order valence-electron chi connectivity index (χ1n) is 9.45. The summed E-state index contributed by atoms with van der Waals surface area (Å²) in [5.41, 5.74) is 1.35. The molecule has 0 radical (unpaired) electrons. The Kier molecular flexibility index (Phi) is 5.77. The minimum Gasteiger partial charge on any atom is -0.491 e. The van der Waals surface area contributed by atoms with Crippen LogP contribution < -0.4 is 14.2 Å². The van der Waals surface area contributed by atoms with Crippen LogP contribution in [-0.4, -0.2) is 67.1 Å². The maximum absolute atomic E-state index is 10.3. The molecule has 0 bridgehead atoms. The number of rotatable bonds is 7. The molecule has 1 N–H and O–H groups in total. The lowest BCUT2D eigenvalue weighted by atomic mass is 10.2. The lowest BCUT2D eigenvalue weighted by Gasteiger charge is -2.35. The van der Waals surface area contributed by atoms with E-state index in [0.717, 1.165) is 38.5 Å². The highest BCUT2D eigenvalue weighted by molar-refractivity contribution is 5.46. The molecule has 2 aliphatic heterocycles. The number of ether oxygens (including phenoxy) is 3. The van der Waals surface area contributed by atoms with E-state index in [1.165, 1.54) is 5.56 Å². The van der Waals surface area contributed by atoms with Crippen LogP contribution in [-0.2, 0) is 6.54 Å². The highest BCUT2D eigenvalue weighted by atomic mass is 16.7. The van der Waals surface area contributed by atoms with Crippen molar-refractivity contribution in [2.24, 2.45) is 0 Å². The van der Waals surface area contributed by atoms with Crippen molar-refractivity contribution < 1.29 is 19.3 Å². The molecule has 2 heterocycles. The molecule has 2 aromatic rings. The molecule has 2 aliphatic rings. The van der Waals surface area contributed by atoms with Gasteiger partial charge < -0.3 is 19.3 Å². The zero-order chi connectivity index (χ0) is 18.5. The monoisotopic (exact) mass is 370 g/mol. The molecular formula is C21H26N2O4. The van der Waals surface area contributed by atoms with Gasteiger partial charge in [-0.25, -0.2) is 0 Å². The van der Waals surface area contributed by atoms with Gasteiger partial charge in [-0.3, -0.25) is 9.80 Å². The van der Waals surface area contributed by atoms with E-state index in [9.17, 15) is 5.11 Å². The van der Waals surface area contributed by atoms with Gasteiger partial charge in [0.2, 0.25) is 6.79 Å². The SMILES string of the molecule is O[C@@H](COc1ccc2c(c1)OCO2)CN1CCN(Cc2ccccc2)CC1. The summed E-state index contributed by atoms with van der Waals surface area (Å²) >= 11 is 0. The molecule has 0 amide bonds. The van der Waals surface area contributed by atoms with E-state index in [2.05, 4.69) is 40.1 Å². The number of aliphatic hydroxyl groups is 1. The Morgan fingerprint density at radius 1 is 0.926 bits per heavy atom. The Morgan fingerprint density at radius 3 is 2.48 bits per heavy atom. The maximum Gasteiger partial charge on any atom is 0.231 e.